The second kappa shape index (κ2) is 3.11. The van der Waals surface area contributed by atoms with Gasteiger partial charge in [0.1, 0.15) is 0 Å². The molecule has 0 radical (unpaired) electrons. The van der Waals surface area contributed by atoms with Crippen molar-refractivity contribution in [3.05, 3.63) is 10.1 Å². The summed E-state index contributed by atoms with van der Waals surface area (Å²) < 4.78 is 3.83. The van der Waals surface area contributed by atoms with E-state index in [1.165, 1.54) is 7.05 Å². The summed E-state index contributed by atoms with van der Waals surface area (Å²) in [5, 5.41) is 27.3. The van der Waals surface area contributed by atoms with Gasteiger partial charge in [-0.15, -0.1) is 0 Å². The summed E-state index contributed by atoms with van der Waals surface area (Å²) in [6.45, 7) is 5.22. The van der Waals surface area contributed by atoms with Crippen LogP contribution in [0, 0.1) is 11.8 Å². The Balaban J connectivity index is 2.11. The molecule has 0 amide bonds. The van der Waals surface area contributed by atoms with Crippen LogP contribution in [0.3, 0.4) is 0 Å². The van der Waals surface area contributed by atoms with Gasteiger partial charge in [0.2, 0.25) is 0 Å². The summed E-state index contributed by atoms with van der Waals surface area (Å²) in [5.41, 5.74) is -0.827. The number of hydrogen-bond acceptors (Lipinski definition) is 4. The molecule has 1 aliphatic heterocycles. The second-order valence-electron chi connectivity index (χ2n) is 2.98. The topological polar surface area (TPSA) is 78.6 Å². The van der Waals surface area contributed by atoms with E-state index in [-0.39, 0.29) is 21.5 Å². The van der Waals surface area contributed by atoms with Gasteiger partial charge in [-0.25, -0.2) is 0 Å². The summed E-state index contributed by atoms with van der Waals surface area (Å²) in [6.07, 6.45) is -0.755. The van der Waals surface area contributed by atoms with E-state index in [0.29, 0.717) is 5.17 Å². The molecule has 2 aliphatic rings. The van der Waals surface area contributed by atoms with E-state index in [4.69, 9.17) is 6.57 Å². The third kappa shape index (κ3) is 1.28. The maximum absolute atomic E-state index is 10.5. The van der Waals surface area contributed by atoms with Gasteiger partial charge in [0.25, 0.3) is 0 Å². The third-order valence-electron chi connectivity index (χ3n) is 2.11. The summed E-state index contributed by atoms with van der Waals surface area (Å²) >= 11 is -0.160. The Kier molecular flexibility index (Phi) is 2.17. The van der Waals surface area contributed by atoms with Crippen molar-refractivity contribution < 1.29 is 29.4 Å². The van der Waals surface area contributed by atoms with E-state index < -0.39 is 17.8 Å². The van der Waals surface area contributed by atoms with Crippen LogP contribution in [-0.2, 0) is 0 Å². The molecule has 1 heterocycles. The van der Waals surface area contributed by atoms with Crippen molar-refractivity contribution in [2.24, 2.45) is 10.3 Å². The Morgan fingerprint density at radius 1 is 1.86 bits per heavy atom. The van der Waals surface area contributed by atoms with Crippen LogP contribution < -0.4 is 21.5 Å². The molecule has 0 aromatic carbocycles. The van der Waals surface area contributed by atoms with Gasteiger partial charge in [0.15, 0.2) is 0 Å². The van der Waals surface area contributed by atoms with E-state index in [1.807, 2.05) is 7.01 Å². The van der Waals surface area contributed by atoms with Crippen LogP contribution >= 0.6 is 0 Å². The number of hydrogen-bond donors (Lipinski definition) is 1. The zero-order valence-electron chi connectivity index (χ0n) is 7.28. The average molecular weight is 309 g/mol. The summed E-state index contributed by atoms with van der Waals surface area (Å²) in [4.78, 5) is 3.63. The number of halogens is 1. The maximum atomic E-state index is 10.5. The van der Waals surface area contributed by atoms with Crippen molar-refractivity contribution in [2.75, 3.05) is 7.05 Å². The SMILES string of the molecule is C#[N+]C1([N+]2=C[I-]2)C(O)C1N=NN(C)[O-]. The molecule has 1 saturated carbocycles. The number of aliphatic hydroxyl groups excluding tert-OH is 1. The van der Waals surface area contributed by atoms with Gasteiger partial charge in [0, 0.05) is 0 Å². The molecule has 3 unspecified atom stereocenters. The number of hydroxylamine groups is 1. The molecule has 7 nitrogen and oxygen atoms in total. The summed E-state index contributed by atoms with van der Waals surface area (Å²) in [5.74, 6) is 0. The van der Waals surface area contributed by atoms with Gasteiger partial charge in [-0.1, -0.05) is 0 Å². The molecule has 0 spiro atoms. The minimum absolute atomic E-state index is 0.160. The number of nitrogens with zero attached hydrogens (tertiary/aromatic N) is 5. The van der Waals surface area contributed by atoms with E-state index in [9.17, 15) is 10.3 Å². The molecule has 0 aromatic heterocycles. The molecular weight excluding hydrogens is 301 g/mol. The quantitative estimate of drug-likeness (QED) is 0.252. The number of aliphatic hydroxyl groups is 1. The van der Waals surface area contributed by atoms with E-state index in [2.05, 4.69) is 15.2 Å². The van der Waals surface area contributed by atoms with E-state index in [1.54, 1.807) is 0 Å². The van der Waals surface area contributed by atoms with Crippen LogP contribution in [0.1, 0.15) is 0 Å². The van der Waals surface area contributed by atoms with Gasteiger partial charge < -0.3 is 0 Å². The van der Waals surface area contributed by atoms with E-state index in [0.717, 1.165) is 0 Å². The van der Waals surface area contributed by atoms with Gasteiger partial charge in [-0.3, -0.25) is 0 Å². The van der Waals surface area contributed by atoms with Crippen molar-refractivity contribution in [3.63, 3.8) is 0 Å². The predicted octanol–water partition coefficient (Wildman–Crippen LogP) is -3.76. The fourth-order valence-electron chi connectivity index (χ4n) is 1.24. The van der Waals surface area contributed by atoms with Crippen molar-refractivity contribution in [1.82, 2.24) is 5.17 Å². The van der Waals surface area contributed by atoms with E-state index >= 15 is 0 Å². The monoisotopic (exact) mass is 309 g/mol. The molecule has 3 atom stereocenters. The molecule has 8 heteroatoms. The van der Waals surface area contributed by atoms with Gasteiger partial charge in [-0.2, -0.15) is 0 Å². The predicted molar refractivity (Wildman–Crippen MR) is 43.1 cm³/mol. The van der Waals surface area contributed by atoms with Crippen LogP contribution in [0.5, 0.6) is 0 Å². The molecule has 1 fully saturated rings. The van der Waals surface area contributed by atoms with Crippen molar-refractivity contribution in [1.29, 1.82) is 0 Å². The number of rotatable bonds is 3. The average Bonchev–Trinajstić information content (AvgIpc) is 2.98. The van der Waals surface area contributed by atoms with Gasteiger partial charge in [0.05, 0.1) is 0 Å². The van der Waals surface area contributed by atoms with Gasteiger partial charge in [-0.05, 0) is 0 Å². The first kappa shape index (κ1) is 9.75. The Morgan fingerprint density at radius 2 is 2.50 bits per heavy atom. The molecule has 0 bridgehead atoms. The molecule has 1 N–H and O–H groups in total. The molecule has 0 saturated heterocycles. The van der Waals surface area contributed by atoms with Crippen molar-refractivity contribution in [2.45, 2.75) is 17.8 Å². The first-order valence-corrected chi connectivity index (χ1v) is 6.02. The van der Waals surface area contributed by atoms with Crippen LogP contribution in [-0.4, -0.2) is 42.1 Å². The summed E-state index contributed by atoms with van der Waals surface area (Å²) in [6, 6.07) is -0.512. The molecule has 76 valence electrons. The standard InChI is InChI=1S/C6H8IN5O2/c1-8-6(12-3-7-12)4(5(6)13)9-10-11(2)14/h1,3-5,13H,2H3. The van der Waals surface area contributed by atoms with Crippen molar-refractivity contribution in [3.8, 4) is 6.57 Å². The fourth-order valence-corrected chi connectivity index (χ4v) is 2.95. The van der Waals surface area contributed by atoms with Crippen LogP contribution in [0.15, 0.2) is 10.3 Å². The normalized spacial score (nSPS) is 39.7. The Labute approximate surface area is 90.7 Å². The van der Waals surface area contributed by atoms with Crippen LogP contribution in [0.2, 0.25) is 0 Å². The third-order valence-corrected chi connectivity index (χ3v) is 3.99. The second-order valence-corrected chi connectivity index (χ2v) is 5.13. The molecule has 1 aliphatic carbocycles. The van der Waals surface area contributed by atoms with Gasteiger partial charge >= 0.3 is 90.6 Å². The van der Waals surface area contributed by atoms with Crippen LogP contribution in [0.25, 0.3) is 4.85 Å². The fraction of sp³-hybridized carbons (Fsp3) is 0.667. The summed E-state index contributed by atoms with van der Waals surface area (Å²) in [7, 11) is 1.22. The zero-order valence-corrected chi connectivity index (χ0v) is 9.44. The Morgan fingerprint density at radius 3 is 2.93 bits per heavy atom. The van der Waals surface area contributed by atoms with Crippen LogP contribution in [0.4, 0.5) is 0 Å². The molecule has 14 heavy (non-hydrogen) atoms. The zero-order chi connectivity index (χ0) is 10.3. The molecule has 2 rings (SSSR count). The first-order valence-electron chi connectivity index (χ1n) is 3.81. The Hall–Kier alpha value is -0.790. The van der Waals surface area contributed by atoms with Crippen molar-refractivity contribution >= 4 is 4.22 Å². The molecular formula is C6H8IN5O2. The first-order chi connectivity index (χ1) is 6.63. The minimum atomic E-state index is -0.827. The molecule has 0 aromatic rings. The Bertz CT molecular complexity index is 362.